The summed E-state index contributed by atoms with van der Waals surface area (Å²) in [6.07, 6.45) is 4.60. The molecule has 1 aliphatic heterocycles. The number of hydrogen-bond donors (Lipinski definition) is 3. The number of fused-ring (bicyclic) bond motifs is 1. The maximum absolute atomic E-state index is 15.3. The fourth-order valence-corrected chi connectivity index (χ4v) is 7.54. The third kappa shape index (κ3) is 5.73. The number of nitrogens with one attached hydrogen (secondary N) is 3. The van der Waals surface area contributed by atoms with Crippen molar-refractivity contribution < 1.29 is 22.1 Å². The third-order valence-electron chi connectivity index (χ3n) is 8.06. The lowest BCUT2D eigenvalue weighted by molar-refractivity contribution is 0.0937. The molecule has 4 heterocycles. The number of nitrogens with zero attached hydrogens (tertiary/aromatic N) is 5. The third-order valence-corrected chi connectivity index (χ3v) is 10.5. The minimum atomic E-state index is -3.31. The molecule has 43 heavy (non-hydrogen) atoms. The molecule has 3 N–H and O–H groups in total. The predicted octanol–water partition coefficient (Wildman–Crippen LogP) is 4.13. The Balaban J connectivity index is 1.20. The summed E-state index contributed by atoms with van der Waals surface area (Å²) in [5, 5.41) is 17.7. The van der Waals surface area contributed by atoms with E-state index in [1.807, 2.05) is 27.7 Å². The molecule has 1 aromatic carbocycles. The Morgan fingerprint density at radius 2 is 2.00 bits per heavy atom. The van der Waals surface area contributed by atoms with Gasteiger partial charge in [0.15, 0.2) is 11.5 Å². The monoisotopic (exact) mass is 610 g/mol. The zero-order valence-corrected chi connectivity index (χ0v) is 25.3. The lowest BCUT2D eigenvalue weighted by Gasteiger charge is -2.39. The van der Waals surface area contributed by atoms with Gasteiger partial charge in [0.25, 0.3) is 11.7 Å². The van der Waals surface area contributed by atoms with Gasteiger partial charge >= 0.3 is 0 Å². The second-order valence-corrected chi connectivity index (χ2v) is 14.5. The van der Waals surface area contributed by atoms with E-state index in [-0.39, 0.29) is 29.7 Å². The molecule has 0 bridgehead atoms. The van der Waals surface area contributed by atoms with Crippen LogP contribution in [0.5, 0.6) is 0 Å². The van der Waals surface area contributed by atoms with E-state index in [4.69, 9.17) is 4.52 Å². The highest BCUT2D eigenvalue weighted by Crippen LogP contribution is 2.37. The first kappa shape index (κ1) is 29.2. The molecule has 3 aromatic heterocycles. The number of carbonyl (C=O) groups is 1. The van der Waals surface area contributed by atoms with Crippen molar-refractivity contribution in [1.29, 1.82) is 0 Å². The van der Waals surface area contributed by atoms with E-state index in [1.165, 1.54) is 6.07 Å². The van der Waals surface area contributed by atoms with E-state index in [0.717, 1.165) is 25.7 Å². The van der Waals surface area contributed by atoms with Gasteiger partial charge in [0.05, 0.1) is 10.6 Å². The largest absolute Gasteiger partial charge is 0.364 e. The lowest BCUT2D eigenvalue weighted by Crippen LogP contribution is -2.52. The highest BCUT2D eigenvalue weighted by Gasteiger charge is 2.44. The van der Waals surface area contributed by atoms with Crippen LogP contribution in [0.1, 0.15) is 75.5 Å². The van der Waals surface area contributed by atoms with Crippen LogP contribution in [0.2, 0.25) is 0 Å². The summed E-state index contributed by atoms with van der Waals surface area (Å²) in [7, 11) is -3.31. The zero-order valence-electron chi connectivity index (χ0n) is 24.5. The second kappa shape index (κ2) is 11.0. The Morgan fingerprint density at radius 1 is 1.21 bits per heavy atom. The molecule has 2 atom stereocenters. The van der Waals surface area contributed by atoms with Gasteiger partial charge in [-0.3, -0.25) is 9.89 Å². The SMILES string of the molecule is C[C@@H]1[C@H](Nc2n[nH]c3nccc(-c4ccc(CNC(=O)c5noc(C(C)(C)C)n5)c(F)c4)c23)CCCN1S(=O)(=O)C1CC1. The summed E-state index contributed by atoms with van der Waals surface area (Å²) in [6.45, 7) is 8.07. The zero-order chi connectivity index (χ0) is 30.5. The Morgan fingerprint density at radius 3 is 2.70 bits per heavy atom. The van der Waals surface area contributed by atoms with Crippen molar-refractivity contribution in [3.63, 3.8) is 0 Å². The second-order valence-electron chi connectivity index (χ2n) is 12.3. The number of aromatic nitrogens is 5. The fraction of sp³-hybridized carbons (Fsp3) is 0.483. The molecule has 1 saturated heterocycles. The normalized spacial score (nSPS) is 19.9. The lowest BCUT2D eigenvalue weighted by atomic mass is 9.97. The van der Waals surface area contributed by atoms with Gasteiger partial charge in [-0.15, -0.1) is 0 Å². The highest BCUT2D eigenvalue weighted by molar-refractivity contribution is 7.90. The Labute approximate surface area is 248 Å². The van der Waals surface area contributed by atoms with E-state index < -0.39 is 27.2 Å². The molecule has 2 fully saturated rings. The van der Waals surface area contributed by atoms with Gasteiger partial charge in [-0.1, -0.05) is 38.1 Å². The van der Waals surface area contributed by atoms with Crippen molar-refractivity contribution in [2.75, 3.05) is 11.9 Å². The Hall–Kier alpha value is -3.91. The van der Waals surface area contributed by atoms with E-state index in [1.54, 1.807) is 28.7 Å². The molecule has 2 aliphatic rings. The number of pyridine rings is 1. The number of halogens is 1. The van der Waals surface area contributed by atoms with Crippen LogP contribution >= 0.6 is 0 Å². The number of piperidine rings is 1. The van der Waals surface area contributed by atoms with Crippen LogP contribution in [0.3, 0.4) is 0 Å². The van der Waals surface area contributed by atoms with Gasteiger partial charge < -0.3 is 15.2 Å². The average molecular weight is 611 g/mol. The summed E-state index contributed by atoms with van der Waals surface area (Å²) in [4.78, 5) is 21.1. The quantitative estimate of drug-likeness (QED) is 0.267. The van der Waals surface area contributed by atoms with Crippen LogP contribution in [0.4, 0.5) is 10.2 Å². The average Bonchev–Trinajstić information content (AvgIpc) is 3.57. The molecule has 1 saturated carbocycles. The van der Waals surface area contributed by atoms with Gasteiger partial charge in [0.1, 0.15) is 5.82 Å². The molecule has 0 radical (unpaired) electrons. The van der Waals surface area contributed by atoms with Crippen molar-refractivity contribution in [2.24, 2.45) is 0 Å². The topological polar surface area (TPSA) is 159 Å². The van der Waals surface area contributed by atoms with Crippen LogP contribution in [0.25, 0.3) is 22.2 Å². The Bertz CT molecular complexity index is 1780. The Kier molecular flexibility index (Phi) is 7.45. The number of sulfonamides is 1. The number of benzene rings is 1. The van der Waals surface area contributed by atoms with Crippen LogP contribution in [-0.2, 0) is 22.0 Å². The fourth-order valence-electron chi connectivity index (χ4n) is 5.43. The van der Waals surface area contributed by atoms with E-state index in [9.17, 15) is 13.2 Å². The number of rotatable bonds is 8. The van der Waals surface area contributed by atoms with Crippen LogP contribution in [-0.4, -0.2) is 67.8 Å². The maximum atomic E-state index is 15.3. The van der Waals surface area contributed by atoms with Crippen molar-refractivity contribution >= 4 is 32.8 Å². The van der Waals surface area contributed by atoms with Crippen LogP contribution in [0.15, 0.2) is 35.0 Å². The molecule has 1 aliphatic carbocycles. The van der Waals surface area contributed by atoms with Gasteiger partial charge in [0, 0.05) is 42.3 Å². The summed E-state index contributed by atoms with van der Waals surface area (Å²) in [5.41, 5.74) is 1.73. The summed E-state index contributed by atoms with van der Waals surface area (Å²) >= 11 is 0. The highest BCUT2D eigenvalue weighted by atomic mass is 32.2. The summed E-state index contributed by atoms with van der Waals surface area (Å²) in [6, 6.07) is 6.19. The molecule has 0 spiro atoms. The molecule has 12 nitrogen and oxygen atoms in total. The minimum absolute atomic E-state index is 0.0611. The summed E-state index contributed by atoms with van der Waals surface area (Å²) < 4.78 is 48.1. The number of aromatic amines is 1. The molecular weight excluding hydrogens is 575 g/mol. The molecule has 6 rings (SSSR count). The number of hydrogen-bond acceptors (Lipinski definition) is 9. The first-order chi connectivity index (χ1) is 20.4. The van der Waals surface area contributed by atoms with Crippen molar-refractivity contribution in [1.82, 2.24) is 34.9 Å². The van der Waals surface area contributed by atoms with Crippen LogP contribution < -0.4 is 10.6 Å². The molecule has 14 heteroatoms. The van der Waals surface area contributed by atoms with E-state index in [0.29, 0.717) is 46.0 Å². The predicted molar refractivity (Wildman–Crippen MR) is 158 cm³/mol. The standard InChI is InChI=1S/C29H35FN8O4S/c1-16-22(6-5-13-38(16)43(40,41)19-9-10-19)33-25-23-20(11-12-31-24(23)35-36-25)17-7-8-18(21(30)14-17)15-32-27(39)26-34-28(42-37-26)29(2,3)4/h7-8,11-12,14,16,19,22H,5-6,9-10,13,15H2,1-4H3,(H,32,39)(H2,31,33,35,36)/t16-,22-/m1/s1. The van der Waals surface area contributed by atoms with Crippen molar-refractivity contribution in [3.8, 4) is 11.1 Å². The minimum Gasteiger partial charge on any atom is -0.364 e. The number of anilines is 1. The summed E-state index contributed by atoms with van der Waals surface area (Å²) in [5.74, 6) is -0.295. The molecule has 0 unspecified atom stereocenters. The smallest absolute Gasteiger partial charge is 0.292 e. The molecule has 1 amide bonds. The molecule has 228 valence electrons. The first-order valence-electron chi connectivity index (χ1n) is 14.4. The van der Waals surface area contributed by atoms with Gasteiger partial charge in [-0.2, -0.15) is 14.4 Å². The van der Waals surface area contributed by atoms with Gasteiger partial charge in [0.2, 0.25) is 15.9 Å². The number of amides is 1. The van der Waals surface area contributed by atoms with Crippen molar-refractivity contribution in [2.45, 2.75) is 82.7 Å². The number of carbonyl (C=O) groups excluding carboxylic acids is 1. The van der Waals surface area contributed by atoms with Crippen LogP contribution in [0, 0.1) is 5.82 Å². The first-order valence-corrected chi connectivity index (χ1v) is 16.0. The molecular formula is C29H35FN8O4S. The number of H-pyrrole nitrogens is 1. The molecule has 4 aromatic rings. The van der Waals surface area contributed by atoms with Crippen molar-refractivity contribution in [3.05, 3.63) is 53.6 Å². The van der Waals surface area contributed by atoms with E-state index in [2.05, 4.69) is 36.0 Å². The van der Waals surface area contributed by atoms with E-state index >= 15 is 4.39 Å². The maximum Gasteiger partial charge on any atom is 0.292 e. The van der Waals surface area contributed by atoms with Gasteiger partial charge in [-0.05, 0) is 55.9 Å². The van der Waals surface area contributed by atoms with Gasteiger partial charge in [-0.25, -0.2) is 17.8 Å².